The summed E-state index contributed by atoms with van der Waals surface area (Å²) >= 11 is 0. The zero-order chi connectivity index (χ0) is 45.7. The molecule has 3 aliphatic carbocycles. The van der Waals surface area contributed by atoms with Crippen molar-refractivity contribution < 1.29 is 0 Å². The molecule has 6 aromatic heterocycles. The van der Waals surface area contributed by atoms with Gasteiger partial charge in [-0.2, -0.15) is 0 Å². The zero-order valence-corrected chi connectivity index (χ0v) is 39.0. The summed E-state index contributed by atoms with van der Waals surface area (Å²) in [4.78, 5) is 39.0. The third kappa shape index (κ3) is 7.78. The summed E-state index contributed by atoms with van der Waals surface area (Å²) in [7, 11) is 0. The van der Waals surface area contributed by atoms with Crippen LogP contribution < -0.4 is 0 Å². The Balaban J connectivity index is 0.891. The summed E-state index contributed by atoms with van der Waals surface area (Å²) in [5.41, 5.74) is 15.2. The van der Waals surface area contributed by atoms with Crippen LogP contribution in [0, 0.1) is 0 Å². The Hall–Kier alpha value is -7.40. The van der Waals surface area contributed by atoms with Gasteiger partial charge in [-0.15, -0.1) is 0 Å². The molecule has 3 aliphatic rings. The highest BCUT2D eigenvalue weighted by atomic mass is 15.2. The van der Waals surface area contributed by atoms with Crippen molar-refractivity contribution in [3.8, 4) is 67.5 Å². The fraction of sp³-hybridized carbons (Fsp3) is 0.310. The van der Waals surface area contributed by atoms with Crippen LogP contribution in [-0.4, -0.2) is 53.6 Å². The first-order chi connectivity index (χ1) is 34.2. The SMILES string of the molecule is c1cnc2c(c1)nc(-c1ccc(-c3cc(-c4ccc(-c5nc6nccnc6n5C5CCCCC5)cc4)cc(-c4ccc(-c5nc6nccnc6n5C5CCCCC5)cc4)c3)cc1)n2C1CCCCC1. The largest absolute Gasteiger partial charge is 0.306 e. The van der Waals surface area contributed by atoms with E-state index in [0.717, 1.165) is 129 Å². The van der Waals surface area contributed by atoms with E-state index in [1.165, 1.54) is 57.8 Å². The zero-order valence-electron chi connectivity index (χ0n) is 39.0. The number of hydrogen-bond donors (Lipinski definition) is 0. The molecule has 342 valence electrons. The van der Waals surface area contributed by atoms with Crippen molar-refractivity contribution in [1.82, 2.24) is 53.6 Å². The minimum Gasteiger partial charge on any atom is -0.306 e. The fourth-order valence-corrected chi connectivity index (χ4v) is 11.8. The van der Waals surface area contributed by atoms with Crippen LogP contribution in [0.1, 0.15) is 114 Å². The van der Waals surface area contributed by atoms with E-state index in [9.17, 15) is 0 Å². The van der Waals surface area contributed by atoms with Crippen molar-refractivity contribution in [2.24, 2.45) is 0 Å². The van der Waals surface area contributed by atoms with Crippen LogP contribution in [0.25, 0.3) is 101 Å². The Morgan fingerprint density at radius 1 is 0.304 bits per heavy atom. The van der Waals surface area contributed by atoms with Crippen LogP contribution in [-0.2, 0) is 0 Å². The Morgan fingerprint density at radius 2 is 0.638 bits per heavy atom. The molecule has 0 radical (unpaired) electrons. The quantitative estimate of drug-likeness (QED) is 0.140. The van der Waals surface area contributed by atoms with Crippen LogP contribution in [0.2, 0.25) is 0 Å². The lowest BCUT2D eigenvalue weighted by Crippen LogP contribution is -2.14. The number of fused-ring (bicyclic) bond motifs is 3. The first kappa shape index (κ1) is 41.8. The third-order valence-electron chi connectivity index (χ3n) is 15.3. The molecule has 11 heteroatoms. The summed E-state index contributed by atoms with van der Waals surface area (Å²) in [5, 5.41) is 0. The lowest BCUT2D eigenvalue weighted by molar-refractivity contribution is 0.361. The Bertz CT molecular complexity index is 3060. The predicted octanol–water partition coefficient (Wildman–Crippen LogP) is 14.2. The lowest BCUT2D eigenvalue weighted by atomic mass is 9.92. The number of aromatic nitrogens is 11. The maximum atomic E-state index is 5.19. The number of hydrogen-bond acceptors (Lipinski definition) is 8. The van der Waals surface area contributed by atoms with Crippen molar-refractivity contribution in [3.05, 3.63) is 134 Å². The van der Waals surface area contributed by atoms with E-state index in [-0.39, 0.29) is 0 Å². The first-order valence-corrected chi connectivity index (χ1v) is 25.4. The van der Waals surface area contributed by atoms with E-state index in [4.69, 9.17) is 29.9 Å². The summed E-state index contributed by atoms with van der Waals surface area (Å²) in [6, 6.07) is 39.1. The highest BCUT2D eigenvalue weighted by Gasteiger charge is 2.27. The Morgan fingerprint density at radius 3 is 1.04 bits per heavy atom. The molecule has 3 saturated carbocycles. The number of rotatable bonds is 9. The van der Waals surface area contributed by atoms with E-state index in [0.29, 0.717) is 29.4 Å². The molecule has 0 bridgehead atoms. The molecule has 0 spiro atoms. The lowest BCUT2D eigenvalue weighted by Gasteiger charge is -2.25. The van der Waals surface area contributed by atoms with E-state index in [1.54, 1.807) is 24.8 Å². The summed E-state index contributed by atoms with van der Waals surface area (Å²) in [6.45, 7) is 0. The number of pyridine rings is 1. The van der Waals surface area contributed by atoms with E-state index >= 15 is 0 Å². The maximum Gasteiger partial charge on any atom is 0.198 e. The first-order valence-electron chi connectivity index (χ1n) is 25.4. The molecule has 0 atom stereocenters. The van der Waals surface area contributed by atoms with E-state index in [2.05, 4.69) is 121 Å². The number of imidazole rings is 3. The molecular weight excluding hydrogens is 851 g/mol. The van der Waals surface area contributed by atoms with Gasteiger partial charge in [0.25, 0.3) is 0 Å². The average Bonchev–Trinajstić information content (AvgIpc) is 4.14. The molecule has 4 aromatic carbocycles. The third-order valence-corrected chi connectivity index (χ3v) is 15.3. The van der Waals surface area contributed by atoms with Gasteiger partial charge in [-0.1, -0.05) is 131 Å². The monoisotopic (exact) mass is 905 g/mol. The molecule has 11 nitrogen and oxygen atoms in total. The summed E-state index contributed by atoms with van der Waals surface area (Å²) in [6.07, 6.45) is 27.1. The fourth-order valence-electron chi connectivity index (χ4n) is 11.8. The van der Waals surface area contributed by atoms with E-state index in [1.807, 2.05) is 12.3 Å². The Kier molecular flexibility index (Phi) is 10.8. The second-order valence-electron chi connectivity index (χ2n) is 19.6. The van der Waals surface area contributed by atoms with Crippen molar-refractivity contribution in [1.29, 1.82) is 0 Å². The van der Waals surface area contributed by atoms with Gasteiger partial charge < -0.3 is 13.7 Å². The van der Waals surface area contributed by atoms with Gasteiger partial charge in [-0.25, -0.2) is 39.9 Å². The van der Waals surface area contributed by atoms with Crippen LogP contribution in [0.5, 0.6) is 0 Å². The smallest absolute Gasteiger partial charge is 0.198 e. The van der Waals surface area contributed by atoms with Crippen LogP contribution in [0.15, 0.2) is 134 Å². The van der Waals surface area contributed by atoms with Gasteiger partial charge in [-0.05, 0) is 102 Å². The molecule has 6 heterocycles. The van der Waals surface area contributed by atoms with E-state index < -0.39 is 0 Å². The van der Waals surface area contributed by atoms with Crippen molar-refractivity contribution in [2.45, 2.75) is 114 Å². The topological polar surface area (TPSA) is 118 Å². The minimum absolute atomic E-state index is 0.370. The molecular formula is C58H55N11. The predicted molar refractivity (Wildman–Crippen MR) is 274 cm³/mol. The van der Waals surface area contributed by atoms with Gasteiger partial charge in [-0.3, -0.25) is 0 Å². The molecule has 69 heavy (non-hydrogen) atoms. The minimum atomic E-state index is 0.370. The molecule has 0 N–H and O–H groups in total. The van der Waals surface area contributed by atoms with Gasteiger partial charge >= 0.3 is 0 Å². The Labute approximate surface area is 401 Å². The van der Waals surface area contributed by atoms with Gasteiger partial charge in [0, 0.05) is 65.8 Å². The van der Waals surface area contributed by atoms with Crippen molar-refractivity contribution in [2.75, 3.05) is 0 Å². The van der Waals surface area contributed by atoms with Gasteiger partial charge in [0.05, 0.1) is 0 Å². The van der Waals surface area contributed by atoms with Crippen molar-refractivity contribution in [3.63, 3.8) is 0 Å². The molecule has 0 unspecified atom stereocenters. The second-order valence-corrected chi connectivity index (χ2v) is 19.6. The maximum absolute atomic E-state index is 5.19. The highest BCUT2D eigenvalue weighted by Crippen LogP contribution is 2.41. The van der Waals surface area contributed by atoms with Gasteiger partial charge in [0.2, 0.25) is 0 Å². The molecule has 0 saturated heterocycles. The average molecular weight is 906 g/mol. The van der Waals surface area contributed by atoms with Crippen LogP contribution >= 0.6 is 0 Å². The van der Waals surface area contributed by atoms with Gasteiger partial charge in [0.1, 0.15) is 23.0 Å². The second kappa shape index (κ2) is 17.9. The van der Waals surface area contributed by atoms with Gasteiger partial charge in [0.15, 0.2) is 28.2 Å². The number of benzene rings is 4. The molecule has 13 rings (SSSR count). The summed E-state index contributed by atoms with van der Waals surface area (Å²) in [5.74, 6) is 2.89. The molecule has 0 aliphatic heterocycles. The highest BCUT2D eigenvalue weighted by molar-refractivity contribution is 5.85. The van der Waals surface area contributed by atoms with Crippen LogP contribution in [0.4, 0.5) is 0 Å². The van der Waals surface area contributed by atoms with Crippen molar-refractivity contribution >= 4 is 33.8 Å². The normalized spacial score (nSPS) is 16.5. The summed E-state index contributed by atoms with van der Waals surface area (Å²) < 4.78 is 7.14. The molecule has 10 aromatic rings. The number of nitrogens with zero attached hydrogens (tertiary/aromatic N) is 11. The van der Waals surface area contributed by atoms with Crippen LogP contribution in [0.3, 0.4) is 0 Å². The standard InChI is InChI=1S/C58H55N11/c1-4-11-47(12-5-1)67-53(64-50-17-10-30-61-56(50)67)41-24-18-38(19-25-41)44-35-45(39-20-26-42(27-21-39)54-65-51-57(62-33-31-59-51)68(54)48-13-6-2-7-14-48)37-46(36-44)40-22-28-43(29-23-40)55-66-52-58(63-34-32-60-52)69(55)49-15-8-3-9-16-49/h10,17-37,47-49H,1-9,11-16H2. The molecule has 0 amide bonds. The molecule has 3 fully saturated rings.